The summed E-state index contributed by atoms with van der Waals surface area (Å²) in [6, 6.07) is 0.561. The Hall–Kier alpha value is -0.120. The van der Waals surface area contributed by atoms with Crippen LogP contribution in [0.3, 0.4) is 0 Å². The zero-order valence-electron chi connectivity index (χ0n) is 12.7. The van der Waals surface area contributed by atoms with E-state index < -0.39 is 0 Å². The van der Waals surface area contributed by atoms with Crippen LogP contribution in [0, 0.1) is 5.41 Å². The van der Waals surface area contributed by atoms with Crippen molar-refractivity contribution in [3.63, 3.8) is 0 Å². The summed E-state index contributed by atoms with van der Waals surface area (Å²) in [5.74, 6) is 0. The van der Waals surface area contributed by atoms with E-state index in [0.29, 0.717) is 11.5 Å². The Morgan fingerprint density at radius 1 is 1.22 bits per heavy atom. The summed E-state index contributed by atoms with van der Waals surface area (Å²) in [6.07, 6.45) is 4.28. The van der Waals surface area contributed by atoms with Gasteiger partial charge in [-0.2, -0.15) is 0 Å². The smallest absolute Gasteiger partial charge is 0.0564 e. The van der Waals surface area contributed by atoms with Crippen molar-refractivity contribution >= 4 is 0 Å². The summed E-state index contributed by atoms with van der Waals surface area (Å²) in [4.78, 5) is 2.54. The van der Waals surface area contributed by atoms with E-state index in [0.717, 1.165) is 32.5 Å². The minimum atomic E-state index is -0.0623. The molecule has 0 radical (unpaired) electrons. The van der Waals surface area contributed by atoms with Crippen molar-refractivity contribution in [2.45, 2.75) is 65.5 Å². The average molecular weight is 256 g/mol. The van der Waals surface area contributed by atoms with Gasteiger partial charge < -0.3 is 15.3 Å². The van der Waals surface area contributed by atoms with Crippen molar-refractivity contribution in [1.82, 2.24) is 10.2 Å². The van der Waals surface area contributed by atoms with Crippen molar-refractivity contribution in [3.05, 3.63) is 0 Å². The summed E-state index contributed by atoms with van der Waals surface area (Å²) in [7, 11) is 0. The molecule has 0 aromatic carbocycles. The van der Waals surface area contributed by atoms with Gasteiger partial charge in [-0.1, -0.05) is 27.7 Å². The first kappa shape index (κ1) is 15.9. The molecule has 0 aliphatic carbocycles. The maximum atomic E-state index is 9.58. The lowest BCUT2D eigenvalue weighted by molar-refractivity contribution is 0.0522. The summed E-state index contributed by atoms with van der Waals surface area (Å²) in [5.41, 5.74) is 0.395. The molecule has 0 aromatic heterocycles. The van der Waals surface area contributed by atoms with Gasteiger partial charge in [-0.05, 0) is 31.1 Å². The van der Waals surface area contributed by atoms with Gasteiger partial charge in [0.15, 0.2) is 0 Å². The zero-order chi connectivity index (χ0) is 13.6. The molecular weight excluding hydrogens is 224 g/mol. The topological polar surface area (TPSA) is 35.5 Å². The Balaban J connectivity index is 2.50. The third-order valence-electron chi connectivity index (χ3n) is 4.50. The molecule has 0 saturated carbocycles. The fourth-order valence-corrected chi connectivity index (χ4v) is 2.75. The van der Waals surface area contributed by atoms with Crippen LogP contribution in [0.2, 0.25) is 0 Å². The van der Waals surface area contributed by atoms with Crippen LogP contribution >= 0.6 is 0 Å². The number of hydrogen-bond acceptors (Lipinski definition) is 3. The third-order valence-corrected chi connectivity index (χ3v) is 4.50. The second-order valence-corrected chi connectivity index (χ2v) is 6.25. The molecule has 1 fully saturated rings. The van der Waals surface area contributed by atoms with Gasteiger partial charge in [-0.15, -0.1) is 0 Å². The first-order valence-corrected chi connectivity index (χ1v) is 7.65. The standard InChI is InChI=1S/C15H32N2O/c1-5-15(6-2,11-16-13(3)4)12-17-9-7-14(18)8-10-17/h13-14,16,18H,5-12H2,1-4H3. The Morgan fingerprint density at radius 3 is 2.22 bits per heavy atom. The Kier molecular flexibility index (Phi) is 6.61. The average Bonchev–Trinajstić information content (AvgIpc) is 2.37. The molecule has 0 aromatic rings. The van der Waals surface area contributed by atoms with Crippen molar-refractivity contribution in [2.75, 3.05) is 26.2 Å². The molecule has 18 heavy (non-hydrogen) atoms. The van der Waals surface area contributed by atoms with Gasteiger partial charge in [0.05, 0.1) is 6.10 Å². The zero-order valence-corrected chi connectivity index (χ0v) is 12.7. The van der Waals surface area contributed by atoms with E-state index in [2.05, 4.69) is 37.9 Å². The monoisotopic (exact) mass is 256 g/mol. The molecule has 3 heteroatoms. The lowest BCUT2D eigenvalue weighted by Crippen LogP contribution is -2.47. The van der Waals surface area contributed by atoms with Gasteiger partial charge in [0.2, 0.25) is 0 Å². The van der Waals surface area contributed by atoms with Gasteiger partial charge in [0.1, 0.15) is 0 Å². The summed E-state index contributed by atoms with van der Waals surface area (Å²) < 4.78 is 0. The predicted molar refractivity (Wildman–Crippen MR) is 77.8 cm³/mol. The molecule has 0 atom stereocenters. The summed E-state index contributed by atoms with van der Waals surface area (Å²) in [6.45, 7) is 13.5. The molecule has 3 nitrogen and oxygen atoms in total. The summed E-state index contributed by atoms with van der Waals surface area (Å²) >= 11 is 0. The molecule has 1 heterocycles. The third kappa shape index (κ3) is 4.87. The number of aliphatic hydroxyl groups is 1. The highest BCUT2D eigenvalue weighted by Gasteiger charge is 2.30. The highest BCUT2D eigenvalue weighted by atomic mass is 16.3. The molecule has 1 aliphatic rings. The van der Waals surface area contributed by atoms with Crippen LogP contribution in [0.4, 0.5) is 0 Å². The van der Waals surface area contributed by atoms with E-state index in [-0.39, 0.29) is 6.10 Å². The number of piperidine rings is 1. The molecule has 0 unspecified atom stereocenters. The number of nitrogens with one attached hydrogen (secondary N) is 1. The number of hydrogen-bond donors (Lipinski definition) is 2. The van der Waals surface area contributed by atoms with Crippen LogP contribution in [0.15, 0.2) is 0 Å². The predicted octanol–water partition coefficient (Wildman–Crippen LogP) is 2.25. The molecule has 1 aliphatic heterocycles. The Bertz CT molecular complexity index is 219. The Morgan fingerprint density at radius 2 is 1.78 bits per heavy atom. The lowest BCUT2D eigenvalue weighted by atomic mass is 9.81. The van der Waals surface area contributed by atoms with Crippen molar-refractivity contribution < 1.29 is 5.11 Å². The molecule has 0 spiro atoms. The normalized spacial score (nSPS) is 19.7. The maximum absolute atomic E-state index is 9.58. The first-order chi connectivity index (χ1) is 8.51. The Labute approximate surface area is 113 Å². The van der Waals surface area contributed by atoms with Crippen molar-refractivity contribution in [2.24, 2.45) is 5.41 Å². The van der Waals surface area contributed by atoms with Crippen LogP contribution in [0.25, 0.3) is 0 Å². The highest BCUT2D eigenvalue weighted by Crippen LogP contribution is 2.28. The minimum Gasteiger partial charge on any atom is -0.393 e. The van der Waals surface area contributed by atoms with Crippen molar-refractivity contribution in [1.29, 1.82) is 0 Å². The van der Waals surface area contributed by atoms with Gasteiger partial charge in [0.25, 0.3) is 0 Å². The summed E-state index contributed by atoms with van der Waals surface area (Å²) in [5, 5.41) is 13.2. The van der Waals surface area contributed by atoms with E-state index >= 15 is 0 Å². The number of nitrogens with zero attached hydrogens (tertiary/aromatic N) is 1. The van der Waals surface area contributed by atoms with E-state index in [1.165, 1.54) is 19.4 Å². The fraction of sp³-hybridized carbons (Fsp3) is 1.00. The molecule has 0 bridgehead atoms. The highest BCUT2D eigenvalue weighted by molar-refractivity contribution is 4.85. The molecule has 0 amide bonds. The van der Waals surface area contributed by atoms with Crippen LogP contribution in [-0.4, -0.2) is 48.3 Å². The second-order valence-electron chi connectivity index (χ2n) is 6.25. The van der Waals surface area contributed by atoms with Crippen LogP contribution in [0.1, 0.15) is 53.4 Å². The van der Waals surface area contributed by atoms with E-state index in [1.54, 1.807) is 0 Å². The maximum Gasteiger partial charge on any atom is 0.0564 e. The van der Waals surface area contributed by atoms with E-state index in [1.807, 2.05) is 0 Å². The number of likely N-dealkylation sites (tertiary alicyclic amines) is 1. The molecule has 1 saturated heterocycles. The van der Waals surface area contributed by atoms with Crippen molar-refractivity contribution in [3.8, 4) is 0 Å². The lowest BCUT2D eigenvalue weighted by Gasteiger charge is -2.40. The molecule has 2 N–H and O–H groups in total. The first-order valence-electron chi connectivity index (χ1n) is 7.65. The number of rotatable bonds is 7. The second kappa shape index (κ2) is 7.46. The SMILES string of the molecule is CCC(CC)(CNC(C)C)CN1CCC(O)CC1. The molecular formula is C15H32N2O. The largest absolute Gasteiger partial charge is 0.393 e. The van der Waals surface area contributed by atoms with Gasteiger partial charge in [-0.25, -0.2) is 0 Å². The molecule has 1 rings (SSSR count). The molecule has 108 valence electrons. The quantitative estimate of drug-likeness (QED) is 0.733. The van der Waals surface area contributed by atoms with Crippen LogP contribution < -0.4 is 5.32 Å². The minimum absolute atomic E-state index is 0.0623. The van der Waals surface area contributed by atoms with Crippen LogP contribution in [0.5, 0.6) is 0 Å². The fourth-order valence-electron chi connectivity index (χ4n) is 2.75. The van der Waals surface area contributed by atoms with E-state index in [4.69, 9.17) is 0 Å². The van der Waals surface area contributed by atoms with Gasteiger partial charge >= 0.3 is 0 Å². The van der Waals surface area contributed by atoms with Crippen LogP contribution in [-0.2, 0) is 0 Å². The van der Waals surface area contributed by atoms with Gasteiger partial charge in [-0.3, -0.25) is 0 Å². The van der Waals surface area contributed by atoms with E-state index in [9.17, 15) is 5.11 Å². The number of aliphatic hydroxyl groups excluding tert-OH is 1. The van der Waals surface area contributed by atoms with Gasteiger partial charge in [0, 0.05) is 32.2 Å².